The van der Waals surface area contributed by atoms with Crippen LogP contribution in [0.25, 0.3) is 17.0 Å². The summed E-state index contributed by atoms with van der Waals surface area (Å²) in [5.74, 6) is 0.529. The van der Waals surface area contributed by atoms with E-state index in [0.29, 0.717) is 56.2 Å². The number of thiazole rings is 1. The molecule has 1 aliphatic rings. The fourth-order valence-electron chi connectivity index (χ4n) is 5.48. The predicted molar refractivity (Wildman–Crippen MR) is 177 cm³/mol. The second-order valence-electron chi connectivity index (χ2n) is 10.2. The third-order valence-electron chi connectivity index (χ3n) is 7.45. The summed E-state index contributed by atoms with van der Waals surface area (Å²) < 4.78 is 20.8. The number of carbonyl (C=O) groups is 1. The number of hydrogen-bond donors (Lipinski definition) is 0. The Hall–Kier alpha value is -4.31. The van der Waals surface area contributed by atoms with Crippen LogP contribution in [-0.4, -0.2) is 35.4 Å². The van der Waals surface area contributed by atoms with E-state index in [2.05, 4.69) is 9.56 Å². The van der Waals surface area contributed by atoms with E-state index in [4.69, 9.17) is 37.4 Å². The van der Waals surface area contributed by atoms with Gasteiger partial charge in [-0.15, -0.1) is 0 Å². The van der Waals surface area contributed by atoms with Crippen LogP contribution in [0.3, 0.4) is 0 Å². The number of esters is 1. The van der Waals surface area contributed by atoms with Crippen LogP contribution in [0.15, 0.2) is 88.4 Å². The molecule has 6 rings (SSSR count). The Bertz CT molecular complexity index is 2150. The largest absolute Gasteiger partial charge is 0.490 e. The van der Waals surface area contributed by atoms with Crippen molar-refractivity contribution in [2.24, 2.45) is 4.99 Å². The lowest BCUT2D eigenvalue weighted by atomic mass is 9.97. The molecule has 0 N–H and O–H groups in total. The first-order valence-corrected chi connectivity index (χ1v) is 15.9. The summed E-state index contributed by atoms with van der Waals surface area (Å²) in [6.45, 7) is 5.23. The normalized spacial score (nSPS) is 14.6. The molecule has 11 heteroatoms. The Balaban J connectivity index is 1.48. The Morgan fingerprint density at radius 1 is 1.00 bits per heavy atom. The zero-order valence-corrected chi connectivity index (χ0v) is 27.1. The van der Waals surface area contributed by atoms with Crippen molar-refractivity contribution in [2.45, 2.75) is 26.4 Å². The maximum Gasteiger partial charge on any atom is 0.337 e. The zero-order chi connectivity index (χ0) is 31.7. The maximum absolute atomic E-state index is 14.2. The number of hydrogen-bond acceptors (Lipinski definition) is 7. The van der Waals surface area contributed by atoms with Crippen LogP contribution >= 0.6 is 34.5 Å². The topological polar surface area (TPSA) is 84.0 Å². The molecule has 0 fully saturated rings. The number of para-hydroxylation sites is 1. The molecule has 3 heterocycles. The molecule has 0 saturated carbocycles. The summed E-state index contributed by atoms with van der Waals surface area (Å²) in [4.78, 5) is 32.1. The lowest BCUT2D eigenvalue weighted by Crippen LogP contribution is -2.39. The highest BCUT2D eigenvalue weighted by atomic mass is 35.5. The standard InChI is InChI=1S/C34H29Cl2N3O5S/c1-4-43-28-13-11-21(15-29(28)44-5-2)31-24(33(41)42-3)17-37-34-39(31)32(40)30(45-34)16-22-19-38(27-9-7-6-8-23(22)27)18-20-10-12-25(35)26(36)14-20/h6-17,19,31H,4-5,18H2,1-3H3/b30-16+/t31-/m0/s1. The molecule has 0 aliphatic carbocycles. The molecule has 0 saturated heterocycles. The van der Waals surface area contributed by atoms with E-state index >= 15 is 0 Å². The molecule has 2 aromatic heterocycles. The number of methoxy groups -OCH3 is 1. The van der Waals surface area contributed by atoms with E-state index in [-0.39, 0.29) is 11.1 Å². The first kappa shape index (κ1) is 30.7. The number of nitrogens with zero attached hydrogens (tertiary/aromatic N) is 3. The van der Waals surface area contributed by atoms with Gasteiger partial charge in [0.2, 0.25) is 0 Å². The van der Waals surface area contributed by atoms with Crippen molar-refractivity contribution in [2.75, 3.05) is 20.3 Å². The first-order valence-electron chi connectivity index (χ1n) is 14.3. The number of benzene rings is 3. The second-order valence-corrected chi connectivity index (χ2v) is 12.0. The fraction of sp³-hybridized carbons (Fsp3) is 0.206. The molecule has 8 nitrogen and oxygen atoms in total. The Morgan fingerprint density at radius 3 is 2.53 bits per heavy atom. The number of ether oxygens (including phenoxy) is 3. The molecule has 0 radical (unpaired) electrons. The first-order chi connectivity index (χ1) is 21.8. The van der Waals surface area contributed by atoms with Crippen LogP contribution in [0.4, 0.5) is 0 Å². The maximum atomic E-state index is 14.2. The van der Waals surface area contributed by atoms with Gasteiger partial charge < -0.3 is 18.8 Å². The van der Waals surface area contributed by atoms with Gasteiger partial charge in [0.15, 0.2) is 16.3 Å². The van der Waals surface area contributed by atoms with Crippen LogP contribution in [0, 0.1) is 0 Å². The average molecular weight is 663 g/mol. The van der Waals surface area contributed by atoms with Gasteiger partial charge in [0.1, 0.15) is 0 Å². The van der Waals surface area contributed by atoms with Crippen LogP contribution in [0.5, 0.6) is 11.5 Å². The molecular weight excluding hydrogens is 633 g/mol. The summed E-state index contributed by atoms with van der Waals surface area (Å²) in [6.07, 6.45) is 5.37. The molecule has 45 heavy (non-hydrogen) atoms. The van der Waals surface area contributed by atoms with Gasteiger partial charge in [-0.1, -0.05) is 64.9 Å². The summed E-state index contributed by atoms with van der Waals surface area (Å²) in [5.41, 5.74) is 3.51. The highest BCUT2D eigenvalue weighted by molar-refractivity contribution is 7.07. The van der Waals surface area contributed by atoms with E-state index in [1.165, 1.54) is 24.6 Å². The third kappa shape index (κ3) is 5.91. The summed E-state index contributed by atoms with van der Waals surface area (Å²) in [7, 11) is 1.31. The smallest absolute Gasteiger partial charge is 0.337 e. The lowest BCUT2D eigenvalue weighted by Gasteiger charge is -2.23. The number of carbonyl (C=O) groups excluding carboxylic acids is 1. The van der Waals surface area contributed by atoms with E-state index in [1.54, 1.807) is 22.8 Å². The lowest BCUT2D eigenvalue weighted by molar-refractivity contribution is -0.136. The zero-order valence-electron chi connectivity index (χ0n) is 24.8. The number of halogens is 2. The van der Waals surface area contributed by atoms with Crippen molar-refractivity contribution >= 4 is 57.5 Å². The van der Waals surface area contributed by atoms with Gasteiger partial charge in [-0.25, -0.2) is 9.79 Å². The van der Waals surface area contributed by atoms with E-state index in [9.17, 15) is 9.59 Å². The highest BCUT2D eigenvalue weighted by Gasteiger charge is 2.31. The van der Waals surface area contributed by atoms with Crippen molar-refractivity contribution in [3.63, 3.8) is 0 Å². The Morgan fingerprint density at radius 2 is 1.78 bits per heavy atom. The predicted octanol–water partition coefficient (Wildman–Crippen LogP) is 6.13. The van der Waals surface area contributed by atoms with Gasteiger partial charge in [-0.05, 0) is 61.4 Å². The van der Waals surface area contributed by atoms with Gasteiger partial charge in [-0.2, -0.15) is 0 Å². The second kappa shape index (κ2) is 13.0. The van der Waals surface area contributed by atoms with Gasteiger partial charge in [0, 0.05) is 35.4 Å². The highest BCUT2D eigenvalue weighted by Crippen LogP contribution is 2.35. The molecule has 0 unspecified atom stereocenters. The summed E-state index contributed by atoms with van der Waals surface area (Å²) >= 11 is 13.7. The summed E-state index contributed by atoms with van der Waals surface area (Å²) in [6, 6.07) is 18.2. The molecule has 230 valence electrons. The van der Waals surface area contributed by atoms with E-state index in [0.717, 1.165) is 22.0 Å². The Labute approximate surface area is 273 Å². The van der Waals surface area contributed by atoms with Crippen LogP contribution in [0.2, 0.25) is 10.0 Å². The minimum absolute atomic E-state index is 0.237. The molecule has 5 aromatic rings. The third-order valence-corrected chi connectivity index (χ3v) is 9.19. The number of aromatic nitrogens is 2. The van der Waals surface area contributed by atoms with Gasteiger partial charge in [-0.3, -0.25) is 9.36 Å². The van der Waals surface area contributed by atoms with Crippen LogP contribution in [0.1, 0.15) is 36.6 Å². The average Bonchev–Trinajstić information content (AvgIpc) is 3.55. The summed E-state index contributed by atoms with van der Waals surface area (Å²) in [5, 5.41) is 1.98. The van der Waals surface area contributed by atoms with E-state index < -0.39 is 12.0 Å². The minimum Gasteiger partial charge on any atom is -0.490 e. The van der Waals surface area contributed by atoms with E-state index in [1.807, 2.05) is 68.6 Å². The molecule has 3 aromatic carbocycles. The van der Waals surface area contributed by atoms with Crippen molar-refractivity contribution in [3.05, 3.63) is 125 Å². The van der Waals surface area contributed by atoms with Crippen LogP contribution in [-0.2, 0) is 16.1 Å². The molecule has 0 spiro atoms. The molecule has 0 bridgehead atoms. The Kier molecular flexibility index (Phi) is 8.85. The van der Waals surface area contributed by atoms with Crippen LogP contribution < -0.4 is 24.4 Å². The number of fused-ring (bicyclic) bond motifs is 2. The fourth-order valence-corrected chi connectivity index (χ4v) is 6.77. The van der Waals surface area contributed by atoms with Crippen molar-refractivity contribution < 1.29 is 19.0 Å². The van der Waals surface area contributed by atoms with Gasteiger partial charge in [0.05, 0.1) is 46.5 Å². The molecular formula is C34H29Cl2N3O5S. The minimum atomic E-state index is -0.776. The van der Waals surface area contributed by atoms with Gasteiger partial charge in [0.25, 0.3) is 5.56 Å². The molecule has 0 amide bonds. The van der Waals surface area contributed by atoms with Crippen molar-refractivity contribution in [3.8, 4) is 11.5 Å². The SMILES string of the molecule is CCOc1ccc([C@H]2C(C(=O)OC)=CN=c3s/c(=C/c4cn(Cc5ccc(Cl)c(Cl)c5)c5ccccc45)c(=O)n32)cc1OCC. The van der Waals surface area contributed by atoms with Crippen molar-refractivity contribution in [1.29, 1.82) is 0 Å². The number of rotatable bonds is 9. The molecule has 1 aliphatic heterocycles. The quantitative estimate of drug-likeness (QED) is 0.178. The molecule has 1 atom stereocenters. The van der Waals surface area contributed by atoms with Gasteiger partial charge >= 0.3 is 5.97 Å². The van der Waals surface area contributed by atoms with Crippen molar-refractivity contribution in [1.82, 2.24) is 9.13 Å². The monoisotopic (exact) mass is 661 g/mol.